The summed E-state index contributed by atoms with van der Waals surface area (Å²) >= 11 is 0. The highest BCUT2D eigenvalue weighted by Crippen LogP contribution is 2.23. The zero-order valence-electron chi connectivity index (χ0n) is 13.9. The summed E-state index contributed by atoms with van der Waals surface area (Å²) in [5.41, 5.74) is 5.54. The molecule has 1 saturated carbocycles. The van der Waals surface area contributed by atoms with Crippen LogP contribution in [0, 0.1) is 0 Å². The van der Waals surface area contributed by atoms with Crippen molar-refractivity contribution in [2.75, 3.05) is 6.54 Å². The number of carbonyl (C=O) groups is 1. The van der Waals surface area contributed by atoms with Crippen LogP contribution < -0.4 is 11.1 Å². The van der Waals surface area contributed by atoms with Gasteiger partial charge in [0.1, 0.15) is 5.60 Å². The third-order valence-electron chi connectivity index (χ3n) is 4.45. The molecule has 1 saturated heterocycles. The molecule has 21 heavy (non-hydrogen) atoms. The van der Waals surface area contributed by atoms with Crippen molar-refractivity contribution in [2.45, 2.75) is 89.6 Å². The molecule has 0 spiro atoms. The zero-order chi connectivity index (χ0) is 15.6. The van der Waals surface area contributed by atoms with Crippen LogP contribution in [-0.2, 0) is 4.74 Å². The number of likely N-dealkylation sites (tertiary alicyclic amines) is 1. The summed E-state index contributed by atoms with van der Waals surface area (Å²) in [6, 6.07) is 1.64. The fourth-order valence-electron chi connectivity index (χ4n) is 3.42. The number of rotatable bonds is 2. The van der Waals surface area contributed by atoms with Crippen LogP contribution >= 0.6 is 0 Å². The summed E-state index contributed by atoms with van der Waals surface area (Å²) in [5.74, 6) is 0. The van der Waals surface area contributed by atoms with Gasteiger partial charge in [0, 0.05) is 30.7 Å². The Morgan fingerprint density at radius 1 is 1.19 bits per heavy atom. The van der Waals surface area contributed by atoms with E-state index in [2.05, 4.69) is 12.2 Å². The Morgan fingerprint density at radius 3 is 2.38 bits per heavy atom. The maximum Gasteiger partial charge on any atom is 0.410 e. The van der Waals surface area contributed by atoms with Crippen LogP contribution in [0.25, 0.3) is 0 Å². The predicted octanol–water partition coefficient (Wildman–Crippen LogP) is 2.24. The van der Waals surface area contributed by atoms with E-state index in [-0.39, 0.29) is 12.1 Å². The first-order valence-electron chi connectivity index (χ1n) is 8.26. The quantitative estimate of drug-likeness (QED) is 0.820. The standard InChI is InChI=1S/C16H31N3O2/c1-11-9-14(18-13-6-5-12(17)10-13)7-8-19(11)15(20)21-16(2,3)4/h11-14,18H,5-10,17H2,1-4H3. The SMILES string of the molecule is CC1CC(NC2CCC(N)C2)CCN1C(=O)OC(C)(C)C. The van der Waals surface area contributed by atoms with E-state index in [0.717, 1.165) is 32.2 Å². The summed E-state index contributed by atoms with van der Waals surface area (Å²) in [6.45, 7) is 8.61. The van der Waals surface area contributed by atoms with Crippen molar-refractivity contribution in [2.24, 2.45) is 5.73 Å². The Balaban J connectivity index is 1.80. The van der Waals surface area contributed by atoms with Gasteiger partial charge < -0.3 is 20.7 Å². The fraction of sp³-hybridized carbons (Fsp3) is 0.938. The van der Waals surface area contributed by atoms with E-state index in [4.69, 9.17) is 10.5 Å². The highest BCUT2D eigenvalue weighted by Gasteiger charge is 2.33. The molecule has 4 unspecified atom stereocenters. The Morgan fingerprint density at radius 2 is 1.86 bits per heavy atom. The van der Waals surface area contributed by atoms with Crippen LogP contribution in [0.5, 0.6) is 0 Å². The molecule has 1 aliphatic carbocycles. The molecule has 122 valence electrons. The Kier molecular flexibility index (Phi) is 5.15. The first-order chi connectivity index (χ1) is 9.74. The molecule has 0 aromatic rings. The second-order valence-corrected chi connectivity index (χ2v) is 7.68. The molecular formula is C16H31N3O2. The van der Waals surface area contributed by atoms with E-state index in [1.54, 1.807) is 0 Å². The van der Waals surface area contributed by atoms with Crippen LogP contribution in [0.15, 0.2) is 0 Å². The summed E-state index contributed by atoms with van der Waals surface area (Å²) in [5, 5.41) is 3.73. The van der Waals surface area contributed by atoms with Crippen molar-refractivity contribution in [1.82, 2.24) is 10.2 Å². The molecule has 1 amide bonds. The predicted molar refractivity (Wildman–Crippen MR) is 84.2 cm³/mol. The molecule has 2 rings (SSSR count). The molecular weight excluding hydrogens is 266 g/mol. The van der Waals surface area contributed by atoms with Crippen molar-refractivity contribution in [1.29, 1.82) is 0 Å². The van der Waals surface area contributed by atoms with Gasteiger partial charge in [0.05, 0.1) is 0 Å². The van der Waals surface area contributed by atoms with E-state index >= 15 is 0 Å². The van der Waals surface area contributed by atoms with Gasteiger partial charge in [0.15, 0.2) is 0 Å². The van der Waals surface area contributed by atoms with Crippen LogP contribution in [0.4, 0.5) is 4.79 Å². The minimum Gasteiger partial charge on any atom is -0.444 e. The average Bonchev–Trinajstić information content (AvgIpc) is 2.72. The van der Waals surface area contributed by atoms with Crippen LogP contribution in [0.3, 0.4) is 0 Å². The average molecular weight is 297 g/mol. The number of nitrogens with one attached hydrogen (secondary N) is 1. The van der Waals surface area contributed by atoms with E-state index in [9.17, 15) is 4.79 Å². The van der Waals surface area contributed by atoms with Crippen molar-refractivity contribution in [3.63, 3.8) is 0 Å². The molecule has 0 aromatic heterocycles. The molecule has 4 atom stereocenters. The van der Waals surface area contributed by atoms with Gasteiger partial charge in [0.25, 0.3) is 0 Å². The van der Waals surface area contributed by atoms with Crippen LogP contribution in [0.2, 0.25) is 0 Å². The van der Waals surface area contributed by atoms with Gasteiger partial charge in [-0.1, -0.05) is 0 Å². The molecule has 0 bridgehead atoms. The van der Waals surface area contributed by atoms with Crippen molar-refractivity contribution < 1.29 is 9.53 Å². The van der Waals surface area contributed by atoms with Crippen molar-refractivity contribution in [3.05, 3.63) is 0 Å². The first kappa shape index (κ1) is 16.6. The van der Waals surface area contributed by atoms with Crippen LogP contribution in [-0.4, -0.2) is 47.3 Å². The number of nitrogens with two attached hydrogens (primary N) is 1. The Bertz CT molecular complexity index is 367. The molecule has 3 N–H and O–H groups in total. The third kappa shape index (κ3) is 4.85. The minimum absolute atomic E-state index is 0.184. The molecule has 5 nitrogen and oxygen atoms in total. The molecule has 1 heterocycles. The largest absolute Gasteiger partial charge is 0.444 e. The van der Waals surface area contributed by atoms with Gasteiger partial charge in [-0.3, -0.25) is 0 Å². The molecule has 5 heteroatoms. The number of hydrogen-bond donors (Lipinski definition) is 2. The number of carbonyl (C=O) groups excluding carboxylic acids is 1. The summed E-state index contributed by atoms with van der Waals surface area (Å²) in [6.07, 6.45) is 5.20. The van der Waals surface area contributed by atoms with Gasteiger partial charge in [-0.25, -0.2) is 4.79 Å². The lowest BCUT2D eigenvalue weighted by atomic mass is 9.97. The smallest absolute Gasteiger partial charge is 0.410 e. The van der Waals surface area contributed by atoms with E-state index in [1.807, 2.05) is 25.7 Å². The maximum absolute atomic E-state index is 12.2. The molecule has 0 radical (unpaired) electrons. The lowest BCUT2D eigenvalue weighted by Crippen LogP contribution is -2.52. The van der Waals surface area contributed by atoms with Gasteiger partial charge in [-0.05, 0) is 59.8 Å². The number of ether oxygens (including phenoxy) is 1. The summed E-state index contributed by atoms with van der Waals surface area (Å²) in [7, 11) is 0. The fourth-order valence-corrected chi connectivity index (χ4v) is 3.42. The summed E-state index contributed by atoms with van der Waals surface area (Å²) in [4.78, 5) is 14.1. The number of nitrogens with zero attached hydrogens (tertiary/aromatic N) is 1. The molecule has 2 fully saturated rings. The minimum atomic E-state index is -0.425. The van der Waals surface area contributed by atoms with E-state index in [0.29, 0.717) is 18.1 Å². The van der Waals surface area contributed by atoms with Crippen molar-refractivity contribution in [3.8, 4) is 0 Å². The lowest BCUT2D eigenvalue weighted by molar-refractivity contribution is 0.00902. The van der Waals surface area contributed by atoms with Gasteiger partial charge >= 0.3 is 6.09 Å². The second-order valence-electron chi connectivity index (χ2n) is 7.68. The maximum atomic E-state index is 12.2. The highest BCUT2D eigenvalue weighted by atomic mass is 16.6. The van der Waals surface area contributed by atoms with Gasteiger partial charge in [-0.2, -0.15) is 0 Å². The monoisotopic (exact) mass is 297 g/mol. The normalized spacial score (nSPS) is 34.0. The Hall–Kier alpha value is -0.810. The molecule has 2 aliphatic rings. The number of amides is 1. The van der Waals surface area contributed by atoms with Gasteiger partial charge in [0.2, 0.25) is 0 Å². The second kappa shape index (κ2) is 6.53. The third-order valence-corrected chi connectivity index (χ3v) is 4.45. The Labute approximate surface area is 128 Å². The first-order valence-corrected chi connectivity index (χ1v) is 8.26. The number of hydrogen-bond acceptors (Lipinski definition) is 4. The molecule has 1 aliphatic heterocycles. The van der Waals surface area contributed by atoms with E-state index < -0.39 is 5.60 Å². The molecule has 0 aromatic carbocycles. The highest BCUT2D eigenvalue weighted by molar-refractivity contribution is 5.68. The zero-order valence-corrected chi connectivity index (χ0v) is 13.9. The van der Waals surface area contributed by atoms with Crippen molar-refractivity contribution >= 4 is 6.09 Å². The van der Waals surface area contributed by atoms with Gasteiger partial charge in [-0.15, -0.1) is 0 Å². The number of piperidine rings is 1. The lowest BCUT2D eigenvalue weighted by Gasteiger charge is -2.39. The summed E-state index contributed by atoms with van der Waals surface area (Å²) < 4.78 is 5.48. The van der Waals surface area contributed by atoms with Crippen LogP contribution in [0.1, 0.15) is 59.8 Å². The topological polar surface area (TPSA) is 67.6 Å². The van der Waals surface area contributed by atoms with E-state index in [1.165, 1.54) is 6.42 Å².